The van der Waals surface area contributed by atoms with Gasteiger partial charge in [0.25, 0.3) is 0 Å². The lowest BCUT2D eigenvalue weighted by Crippen LogP contribution is -2.51. The second-order valence-electron chi connectivity index (χ2n) is 6.55. The van der Waals surface area contributed by atoms with Gasteiger partial charge < -0.3 is 15.1 Å². The Hall–Kier alpha value is -2.11. The molecule has 0 saturated carbocycles. The molecule has 2 heterocycles. The standard InChI is InChI=1S/C16H25N5O/c1-13(16(2,3)4)12-19-15(22)21-10-8-20(9-11-21)14-17-6-5-7-18-14/h5-7,12H,8-11H2,1-4H3,(H,19,22)/b13-12+. The number of hydrogen-bond acceptors (Lipinski definition) is 4. The van der Waals surface area contributed by atoms with E-state index >= 15 is 0 Å². The fourth-order valence-electron chi connectivity index (χ4n) is 2.04. The van der Waals surface area contributed by atoms with E-state index in [-0.39, 0.29) is 11.4 Å². The summed E-state index contributed by atoms with van der Waals surface area (Å²) in [6.07, 6.45) is 5.29. The number of carbonyl (C=O) groups is 1. The van der Waals surface area contributed by atoms with E-state index < -0.39 is 0 Å². The molecule has 1 aromatic heterocycles. The largest absolute Gasteiger partial charge is 0.337 e. The van der Waals surface area contributed by atoms with Crippen molar-refractivity contribution in [2.45, 2.75) is 27.7 Å². The third-order valence-corrected chi connectivity index (χ3v) is 4.00. The molecule has 2 rings (SSSR count). The summed E-state index contributed by atoms with van der Waals surface area (Å²) in [5.74, 6) is 0.728. The first-order valence-corrected chi connectivity index (χ1v) is 7.62. The molecule has 1 fully saturated rings. The third kappa shape index (κ3) is 4.19. The number of nitrogens with zero attached hydrogens (tertiary/aromatic N) is 4. The lowest BCUT2D eigenvalue weighted by Gasteiger charge is -2.34. The van der Waals surface area contributed by atoms with Crippen LogP contribution in [0.1, 0.15) is 27.7 Å². The van der Waals surface area contributed by atoms with Crippen LogP contribution in [0.5, 0.6) is 0 Å². The molecule has 0 aromatic carbocycles. The summed E-state index contributed by atoms with van der Waals surface area (Å²) in [6, 6.07) is 1.76. The van der Waals surface area contributed by atoms with Crippen molar-refractivity contribution in [1.82, 2.24) is 20.2 Å². The van der Waals surface area contributed by atoms with E-state index in [9.17, 15) is 4.79 Å². The fraction of sp³-hybridized carbons (Fsp3) is 0.562. The Balaban J connectivity index is 1.85. The molecule has 1 saturated heterocycles. The van der Waals surface area contributed by atoms with Crippen molar-refractivity contribution in [2.24, 2.45) is 5.41 Å². The molecule has 2 amide bonds. The van der Waals surface area contributed by atoms with Crippen LogP contribution < -0.4 is 10.2 Å². The second kappa shape index (κ2) is 6.77. The number of anilines is 1. The van der Waals surface area contributed by atoms with E-state index in [1.807, 2.05) is 18.0 Å². The summed E-state index contributed by atoms with van der Waals surface area (Å²) < 4.78 is 0. The number of piperazine rings is 1. The monoisotopic (exact) mass is 303 g/mol. The average Bonchev–Trinajstić information content (AvgIpc) is 2.52. The van der Waals surface area contributed by atoms with Crippen molar-refractivity contribution >= 4 is 12.0 Å². The van der Waals surface area contributed by atoms with Crippen LogP contribution >= 0.6 is 0 Å². The number of rotatable bonds is 2. The molecular formula is C16H25N5O. The van der Waals surface area contributed by atoms with Gasteiger partial charge >= 0.3 is 6.03 Å². The maximum atomic E-state index is 12.2. The van der Waals surface area contributed by atoms with Crippen LogP contribution in [0.2, 0.25) is 0 Å². The molecule has 0 aliphatic carbocycles. The minimum Gasteiger partial charge on any atom is -0.337 e. The van der Waals surface area contributed by atoms with Crippen LogP contribution in [-0.2, 0) is 0 Å². The maximum Gasteiger partial charge on any atom is 0.321 e. The summed E-state index contributed by atoms with van der Waals surface area (Å²) >= 11 is 0. The van der Waals surface area contributed by atoms with Crippen LogP contribution in [0.25, 0.3) is 0 Å². The summed E-state index contributed by atoms with van der Waals surface area (Å²) in [5.41, 5.74) is 1.22. The second-order valence-corrected chi connectivity index (χ2v) is 6.55. The smallest absolute Gasteiger partial charge is 0.321 e. The Bertz CT molecular complexity index is 527. The van der Waals surface area contributed by atoms with Crippen LogP contribution in [-0.4, -0.2) is 47.1 Å². The first kappa shape index (κ1) is 16.3. The Morgan fingerprint density at radius 2 is 1.77 bits per heavy atom. The molecule has 0 bridgehead atoms. The van der Waals surface area contributed by atoms with Crippen LogP contribution in [0.3, 0.4) is 0 Å². The van der Waals surface area contributed by atoms with Gasteiger partial charge in [-0.3, -0.25) is 0 Å². The Morgan fingerprint density at radius 1 is 1.18 bits per heavy atom. The topological polar surface area (TPSA) is 61.4 Å². The normalized spacial score (nSPS) is 16.6. The average molecular weight is 303 g/mol. The molecule has 0 unspecified atom stereocenters. The van der Waals surface area contributed by atoms with Crippen molar-refractivity contribution in [1.29, 1.82) is 0 Å². The van der Waals surface area contributed by atoms with Crippen LogP contribution in [0.15, 0.2) is 30.2 Å². The van der Waals surface area contributed by atoms with Crippen LogP contribution in [0.4, 0.5) is 10.7 Å². The number of nitrogens with one attached hydrogen (secondary N) is 1. The third-order valence-electron chi connectivity index (χ3n) is 4.00. The molecule has 0 atom stereocenters. The minimum absolute atomic E-state index is 0.0442. The van der Waals surface area contributed by atoms with Crippen molar-refractivity contribution in [3.63, 3.8) is 0 Å². The van der Waals surface area contributed by atoms with E-state index in [4.69, 9.17) is 0 Å². The van der Waals surface area contributed by atoms with Gasteiger partial charge in [-0.05, 0) is 18.4 Å². The molecule has 22 heavy (non-hydrogen) atoms. The van der Waals surface area contributed by atoms with Gasteiger partial charge in [0.05, 0.1) is 0 Å². The molecule has 6 nitrogen and oxygen atoms in total. The van der Waals surface area contributed by atoms with E-state index in [2.05, 4.69) is 41.0 Å². The van der Waals surface area contributed by atoms with Crippen molar-refractivity contribution in [3.05, 3.63) is 30.2 Å². The highest BCUT2D eigenvalue weighted by molar-refractivity contribution is 5.75. The molecular weight excluding hydrogens is 278 g/mol. The van der Waals surface area contributed by atoms with Gasteiger partial charge in [0.1, 0.15) is 0 Å². The first-order valence-electron chi connectivity index (χ1n) is 7.62. The Kier molecular flexibility index (Phi) is 5.00. The van der Waals surface area contributed by atoms with E-state index in [1.165, 1.54) is 0 Å². The van der Waals surface area contributed by atoms with Crippen molar-refractivity contribution < 1.29 is 4.79 Å². The highest BCUT2D eigenvalue weighted by Crippen LogP contribution is 2.23. The lowest BCUT2D eigenvalue weighted by atomic mass is 9.88. The predicted octanol–water partition coefficient (Wildman–Crippen LogP) is 2.26. The summed E-state index contributed by atoms with van der Waals surface area (Å²) in [6.45, 7) is 11.3. The number of allylic oxidation sites excluding steroid dienone is 1. The molecule has 120 valence electrons. The minimum atomic E-state index is -0.0442. The zero-order valence-corrected chi connectivity index (χ0v) is 13.8. The molecule has 1 N–H and O–H groups in total. The lowest BCUT2D eigenvalue weighted by molar-refractivity contribution is 0.197. The van der Waals surface area contributed by atoms with Crippen LogP contribution in [0, 0.1) is 5.41 Å². The number of carbonyl (C=O) groups excluding carboxylic acids is 1. The molecule has 6 heteroatoms. The predicted molar refractivity (Wildman–Crippen MR) is 87.6 cm³/mol. The number of urea groups is 1. The van der Waals surface area contributed by atoms with Crippen molar-refractivity contribution in [3.8, 4) is 0 Å². The van der Waals surface area contributed by atoms with E-state index in [0.717, 1.165) is 24.6 Å². The SMILES string of the molecule is C/C(=C\NC(=O)N1CCN(c2ncccn2)CC1)C(C)(C)C. The summed E-state index contributed by atoms with van der Waals surface area (Å²) in [4.78, 5) is 24.6. The molecule has 0 spiro atoms. The van der Waals surface area contributed by atoms with Gasteiger partial charge in [0.15, 0.2) is 0 Å². The van der Waals surface area contributed by atoms with Gasteiger partial charge in [-0.1, -0.05) is 26.3 Å². The molecule has 1 aliphatic heterocycles. The number of hydrogen-bond donors (Lipinski definition) is 1. The van der Waals surface area contributed by atoms with Gasteiger partial charge in [-0.25, -0.2) is 14.8 Å². The molecule has 1 aromatic rings. The summed E-state index contributed by atoms with van der Waals surface area (Å²) in [5, 5.41) is 2.89. The van der Waals surface area contributed by atoms with Gasteiger partial charge in [0.2, 0.25) is 5.95 Å². The quantitative estimate of drug-likeness (QED) is 0.910. The van der Waals surface area contributed by atoms with Gasteiger partial charge in [-0.2, -0.15) is 0 Å². The van der Waals surface area contributed by atoms with E-state index in [0.29, 0.717) is 13.1 Å². The highest BCUT2D eigenvalue weighted by atomic mass is 16.2. The Labute approximate surface area is 132 Å². The summed E-state index contributed by atoms with van der Waals surface area (Å²) in [7, 11) is 0. The highest BCUT2D eigenvalue weighted by Gasteiger charge is 2.22. The van der Waals surface area contributed by atoms with Gasteiger partial charge in [-0.15, -0.1) is 0 Å². The number of aromatic nitrogens is 2. The molecule has 1 aliphatic rings. The zero-order chi connectivity index (χ0) is 16.2. The fourth-order valence-corrected chi connectivity index (χ4v) is 2.04. The van der Waals surface area contributed by atoms with Crippen molar-refractivity contribution in [2.75, 3.05) is 31.1 Å². The Morgan fingerprint density at radius 3 is 2.32 bits per heavy atom. The first-order chi connectivity index (χ1) is 10.4. The van der Waals surface area contributed by atoms with Gasteiger partial charge in [0, 0.05) is 44.8 Å². The molecule has 0 radical (unpaired) electrons. The number of amides is 2. The van der Waals surface area contributed by atoms with E-state index in [1.54, 1.807) is 18.5 Å². The zero-order valence-electron chi connectivity index (χ0n) is 13.8. The maximum absolute atomic E-state index is 12.2.